The molecule has 2 fully saturated rings. The molecule has 0 heterocycles. The molecule has 1 heteroatoms. The fraction of sp³-hybridized carbons (Fsp3) is 0.800. The average molecular weight is 154 g/mol. The summed E-state index contributed by atoms with van der Waals surface area (Å²) < 4.78 is 12.5. The van der Waals surface area contributed by atoms with Gasteiger partial charge in [0.2, 0.25) is 0 Å². The number of fused-ring (bicyclic) bond motifs is 2. The lowest BCUT2D eigenvalue weighted by atomic mass is 9.73. The summed E-state index contributed by atoms with van der Waals surface area (Å²) in [4.78, 5) is 0. The molecule has 0 N–H and O–H groups in total. The van der Waals surface area contributed by atoms with Crippen LogP contribution in [0, 0.1) is 17.3 Å². The topological polar surface area (TPSA) is 0 Å². The predicted molar refractivity (Wildman–Crippen MR) is 43.8 cm³/mol. The Morgan fingerprint density at radius 2 is 2.18 bits per heavy atom. The van der Waals surface area contributed by atoms with E-state index in [4.69, 9.17) is 0 Å². The van der Waals surface area contributed by atoms with E-state index in [1.807, 2.05) is 0 Å². The summed E-state index contributed by atoms with van der Waals surface area (Å²) in [5.74, 6) is 1.34. The Balaban J connectivity index is 2.36. The van der Waals surface area contributed by atoms with Gasteiger partial charge in [0.05, 0.1) is 6.33 Å². The van der Waals surface area contributed by atoms with Gasteiger partial charge in [-0.25, -0.2) is 4.39 Å². The minimum Gasteiger partial charge on any atom is -0.216 e. The van der Waals surface area contributed by atoms with Crippen molar-refractivity contribution in [2.75, 3.05) is 0 Å². The molecule has 2 aliphatic rings. The zero-order chi connectivity index (χ0) is 8.06. The van der Waals surface area contributed by atoms with E-state index in [2.05, 4.69) is 13.8 Å². The van der Waals surface area contributed by atoms with E-state index in [-0.39, 0.29) is 5.41 Å². The average Bonchev–Trinajstić information content (AvgIpc) is 2.44. The molecule has 0 aromatic carbocycles. The summed E-state index contributed by atoms with van der Waals surface area (Å²) in [6.45, 7) is 4.37. The molecule has 0 unspecified atom stereocenters. The van der Waals surface area contributed by atoms with Crippen molar-refractivity contribution >= 4 is 0 Å². The third-order valence-electron chi connectivity index (χ3n) is 3.75. The first kappa shape index (κ1) is 7.33. The maximum atomic E-state index is 12.5. The summed E-state index contributed by atoms with van der Waals surface area (Å²) in [6, 6.07) is 0. The Labute approximate surface area is 67.5 Å². The fourth-order valence-corrected chi connectivity index (χ4v) is 2.91. The Kier molecular flexibility index (Phi) is 1.39. The monoisotopic (exact) mass is 154 g/mol. The van der Waals surface area contributed by atoms with Crippen LogP contribution >= 0.6 is 0 Å². The first-order valence-electron chi connectivity index (χ1n) is 4.47. The molecule has 11 heavy (non-hydrogen) atoms. The molecule has 2 rings (SSSR count). The van der Waals surface area contributed by atoms with Gasteiger partial charge in [0.25, 0.3) is 0 Å². The van der Waals surface area contributed by atoms with Crippen LogP contribution in [-0.2, 0) is 0 Å². The number of hydrogen-bond acceptors (Lipinski definition) is 0. The van der Waals surface area contributed by atoms with Gasteiger partial charge in [0, 0.05) is 0 Å². The van der Waals surface area contributed by atoms with Crippen molar-refractivity contribution < 1.29 is 4.39 Å². The number of allylic oxidation sites excluding steroid dienone is 1. The predicted octanol–water partition coefficient (Wildman–Crippen LogP) is 3.30. The maximum absolute atomic E-state index is 12.5. The van der Waals surface area contributed by atoms with E-state index in [1.54, 1.807) is 0 Å². The largest absolute Gasteiger partial charge is 0.216 e. The van der Waals surface area contributed by atoms with E-state index in [0.29, 0.717) is 5.92 Å². The lowest BCUT2D eigenvalue weighted by Crippen LogP contribution is -2.22. The van der Waals surface area contributed by atoms with Crippen molar-refractivity contribution in [3.63, 3.8) is 0 Å². The fourth-order valence-electron chi connectivity index (χ4n) is 2.91. The van der Waals surface area contributed by atoms with Crippen LogP contribution in [0.1, 0.15) is 33.1 Å². The van der Waals surface area contributed by atoms with Crippen molar-refractivity contribution in [2.45, 2.75) is 33.1 Å². The second-order valence-corrected chi connectivity index (χ2v) is 4.49. The molecule has 2 bridgehead atoms. The van der Waals surface area contributed by atoms with Crippen molar-refractivity contribution in [3.05, 3.63) is 11.9 Å². The quantitative estimate of drug-likeness (QED) is 0.502. The lowest BCUT2D eigenvalue weighted by Gasteiger charge is -2.31. The third kappa shape index (κ3) is 0.800. The highest BCUT2D eigenvalue weighted by Crippen LogP contribution is 2.58. The van der Waals surface area contributed by atoms with Crippen LogP contribution in [-0.4, -0.2) is 0 Å². The number of halogens is 1. The highest BCUT2D eigenvalue weighted by molar-refractivity contribution is 5.24. The minimum absolute atomic E-state index is 0.164. The molecule has 0 spiro atoms. The van der Waals surface area contributed by atoms with Crippen LogP contribution in [0.2, 0.25) is 0 Å². The van der Waals surface area contributed by atoms with Crippen molar-refractivity contribution in [1.82, 2.24) is 0 Å². The molecule has 0 aliphatic heterocycles. The van der Waals surface area contributed by atoms with Crippen LogP contribution in [0.4, 0.5) is 4.39 Å². The molecule has 0 aromatic rings. The Bertz CT molecular complexity index is 203. The molecule has 2 aliphatic carbocycles. The highest BCUT2D eigenvalue weighted by atomic mass is 19.1. The van der Waals surface area contributed by atoms with Gasteiger partial charge < -0.3 is 0 Å². The van der Waals surface area contributed by atoms with Gasteiger partial charge in [-0.05, 0) is 42.1 Å². The standard InChI is InChI=1S/C10H15F/c1-10(2)8-4-3-7(5-8)9(10)6-11/h6-8H,3-5H2,1-2H3/b9-6+/t7-,8-/m1/s1. The smallest absolute Gasteiger partial charge is 0.0867 e. The summed E-state index contributed by atoms with van der Waals surface area (Å²) in [6.07, 6.45) is 4.64. The Morgan fingerprint density at radius 3 is 2.55 bits per heavy atom. The van der Waals surface area contributed by atoms with Gasteiger partial charge in [0.15, 0.2) is 0 Å². The molecule has 0 amide bonds. The van der Waals surface area contributed by atoms with Crippen molar-refractivity contribution in [3.8, 4) is 0 Å². The van der Waals surface area contributed by atoms with E-state index in [9.17, 15) is 4.39 Å². The molecule has 0 saturated heterocycles. The first-order valence-corrected chi connectivity index (χ1v) is 4.47. The molecule has 0 aromatic heterocycles. The van der Waals surface area contributed by atoms with Gasteiger partial charge in [-0.2, -0.15) is 0 Å². The van der Waals surface area contributed by atoms with Crippen molar-refractivity contribution in [1.29, 1.82) is 0 Å². The van der Waals surface area contributed by atoms with E-state index in [0.717, 1.165) is 17.8 Å². The van der Waals surface area contributed by atoms with E-state index < -0.39 is 0 Å². The molecule has 62 valence electrons. The van der Waals surface area contributed by atoms with Crippen LogP contribution in [0.15, 0.2) is 11.9 Å². The van der Waals surface area contributed by atoms with Gasteiger partial charge in [-0.15, -0.1) is 0 Å². The van der Waals surface area contributed by atoms with Crippen LogP contribution < -0.4 is 0 Å². The lowest BCUT2D eigenvalue weighted by molar-refractivity contribution is 0.284. The zero-order valence-corrected chi connectivity index (χ0v) is 7.23. The van der Waals surface area contributed by atoms with Gasteiger partial charge in [-0.3, -0.25) is 0 Å². The third-order valence-corrected chi connectivity index (χ3v) is 3.75. The van der Waals surface area contributed by atoms with Crippen LogP contribution in [0.3, 0.4) is 0 Å². The molecule has 0 radical (unpaired) electrons. The highest BCUT2D eigenvalue weighted by Gasteiger charge is 2.48. The summed E-state index contributed by atoms with van der Waals surface area (Å²) in [5.41, 5.74) is 1.24. The van der Waals surface area contributed by atoms with E-state index in [1.165, 1.54) is 19.3 Å². The second kappa shape index (κ2) is 2.09. The summed E-state index contributed by atoms with van der Waals surface area (Å²) in [5, 5.41) is 0. The molecule has 2 saturated carbocycles. The molecule has 0 nitrogen and oxygen atoms in total. The first-order chi connectivity index (χ1) is 5.16. The maximum Gasteiger partial charge on any atom is 0.0867 e. The number of rotatable bonds is 0. The van der Waals surface area contributed by atoms with Crippen molar-refractivity contribution in [2.24, 2.45) is 17.3 Å². The van der Waals surface area contributed by atoms with Gasteiger partial charge in [0.1, 0.15) is 0 Å². The molecular weight excluding hydrogens is 139 g/mol. The van der Waals surface area contributed by atoms with Crippen LogP contribution in [0.25, 0.3) is 0 Å². The normalized spacial score (nSPS) is 43.7. The SMILES string of the molecule is CC1(C)/C(=C/F)[C@@H]2CC[C@@H]1C2. The summed E-state index contributed by atoms with van der Waals surface area (Å²) in [7, 11) is 0. The second-order valence-electron chi connectivity index (χ2n) is 4.49. The molecule has 2 atom stereocenters. The van der Waals surface area contributed by atoms with Gasteiger partial charge in [-0.1, -0.05) is 13.8 Å². The summed E-state index contributed by atoms with van der Waals surface area (Å²) >= 11 is 0. The van der Waals surface area contributed by atoms with E-state index >= 15 is 0 Å². The van der Waals surface area contributed by atoms with Gasteiger partial charge >= 0.3 is 0 Å². The Morgan fingerprint density at radius 1 is 1.45 bits per heavy atom. The number of hydrogen-bond donors (Lipinski definition) is 0. The molecular formula is C10H15F. The van der Waals surface area contributed by atoms with Crippen LogP contribution in [0.5, 0.6) is 0 Å². The minimum atomic E-state index is 0.164. The Hall–Kier alpha value is -0.330. The zero-order valence-electron chi connectivity index (χ0n) is 7.23.